The maximum Gasteiger partial charge on any atom is 0.194 e. The largest absolute Gasteiger partial charge is 0.383 e. The number of hydrogen-bond acceptors (Lipinski definition) is 6. The number of fused-ring (bicyclic) bond motifs is 4. The second-order valence-electron chi connectivity index (χ2n) is 8.78. The molecule has 0 aromatic heterocycles. The third-order valence-corrected chi connectivity index (χ3v) is 6.63. The Hall–Kier alpha value is -4.84. The molecule has 36 heavy (non-hydrogen) atoms. The monoisotopic (exact) mass is 472 g/mol. The fourth-order valence-corrected chi connectivity index (χ4v) is 4.83. The lowest BCUT2D eigenvalue weighted by molar-refractivity contribution is 0.0979. The SMILES string of the molecule is O=C1c2ccccc2C(=O)c2cc(NCCNc3ccc4c(c3)C(=O)c3ccccc3C4=O)ccc21. The Bertz CT molecular complexity index is 1500. The van der Waals surface area contributed by atoms with Crippen LogP contribution in [0.15, 0.2) is 84.9 Å². The molecule has 4 aromatic rings. The van der Waals surface area contributed by atoms with E-state index in [0.717, 1.165) is 11.4 Å². The van der Waals surface area contributed by atoms with Gasteiger partial charge in [-0.15, -0.1) is 0 Å². The number of hydrogen-bond donors (Lipinski definition) is 2. The molecule has 6 rings (SSSR count). The minimum absolute atomic E-state index is 0.142. The number of ketones is 4. The van der Waals surface area contributed by atoms with Crippen LogP contribution in [-0.4, -0.2) is 36.2 Å². The average Bonchev–Trinajstić information content (AvgIpc) is 2.92. The molecule has 4 aromatic carbocycles. The standard InChI is InChI=1S/C30H20N2O4/c33-27-19-5-1-3-7-21(19)29(35)25-15-17(9-11-23(25)27)31-13-14-32-18-10-12-24-26(16-18)30(36)22-8-4-2-6-20(22)28(24)34/h1-12,15-16,31-32H,13-14H2. The third-order valence-electron chi connectivity index (χ3n) is 6.63. The second kappa shape index (κ2) is 8.43. The van der Waals surface area contributed by atoms with Gasteiger partial charge in [0.25, 0.3) is 0 Å². The van der Waals surface area contributed by atoms with Gasteiger partial charge in [-0.25, -0.2) is 0 Å². The molecule has 2 aliphatic carbocycles. The fourth-order valence-electron chi connectivity index (χ4n) is 4.83. The van der Waals surface area contributed by atoms with Crippen LogP contribution >= 0.6 is 0 Å². The summed E-state index contributed by atoms with van der Waals surface area (Å²) in [4.78, 5) is 51.4. The maximum absolute atomic E-state index is 12.9. The van der Waals surface area contributed by atoms with Gasteiger partial charge in [-0.1, -0.05) is 48.5 Å². The summed E-state index contributed by atoms with van der Waals surface area (Å²) >= 11 is 0. The van der Waals surface area contributed by atoms with E-state index in [-0.39, 0.29) is 23.1 Å². The molecule has 0 saturated carbocycles. The molecular formula is C30H20N2O4. The number of anilines is 2. The zero-order valence-electron chi connectivity index (χ0n) is 19.1. The molecule has 174 valence electrons. The molecule has 0 atom stereocenters. The quantitative estimate of drug-likeness (QED) is 0.352. The van der Waals surface area contributed by atoms with Crippen LogP contribution in [0.25, 0.3) is 0 Å². The van der Waals surface area contributed by atoms with Crippen LogP contribution in [0.2, 0.25) is 0 Å². The highest BCUT2D eigenvalue weighted by molar-refractivity contribution is 6.29. The van der Waals surface area contributed by atoms with Crippen molar-refractivity contribution in [1.82, 2.24) is 0 Å². The number of carbonyl (C=O) groups is 4. The van der Waals surface area contributed by atoms with Gasteiger partial charge in [0, 0.05) is 69.0 Å². The fraction of sp³-hybridized carbons (Fsp3) is 0.0667. The molecule has 0 amide bonds. The summed E-state index contributed by atoms with van der Waals surface area (Å²) in [5.74, 6) is -0.596. The summed E-state index contributed by atoms with van der Waals surface area (Å²) in [6.07, 6.45) is 0. The van der Waals surface area contributed by atoms with Gasteiger partial charge < -0.3 is 10.6 Å². The molecule has 2 N–H and O–H groups in total. The number of benzene rings is 4. The van der Waals surface area contributed by atoms with E-state index in [4.69, 9.17) is 0 Å². The minimum Gasteiger partial charge on any atom is -0.383 e. The Labute approximate surface area is 207 Å². The van der Waals surface area contributed by atoms with E-state index in [1.807, 2.05) is 0 Å². The molecule has 0 unspecified atom stereocenters. The summed E-state index contributed by atoms with van der Waals surface area (Å²) in [5.41, 5.74) is 4.83. The van der Waals surface area contributed by atoms with E-state index in [0.29, 0.717) is 57.6 Å². The highest BCUT2D eigenvalue weighted by atomic mass is 16.1. The zero-order chi connectivity index (χ0) is 24.8. The first-order valence-corrected chi connectivity index (χ1v) is 11.7. The predicted octanol–water partition coefficient (Wildman–Crippen LogP) is 4.76. The normalized spacial score (nSPS) is 13.4. The molecule has 6 heteroatoms. The van der Waals surface area contributed by atoms with Gasteiger partial charge in [0.05, 0.1) is 0 Å². The number of carbonyl (C=O) groups excluding carboxylic acids is 4. The van der Waals surface area contributed by atoms with Gasteiger partial charge in [-0.05, 0) is 36.4 Å². The Balaban J connectivity index is 1.13. The third kappa shape index (κ3) is 3.43. The van der Waals surface area contributed by atoms with Crippen molar-refractivity contribution in [3.63, 3.8) is 0 Å². The van der Waals surface area contributed by atoms with Crippen molar-refractivity contribution in [3.05, 3.63) is 129 Å². The summed E-state index contributed by atoms with van der Waals surface area (Å²) in [6.45, 7) is 1.06. The Morgan fingerprint density at radius 1 is 0.389 bits per heavy atom. The molecule has 6 nitrogen and oxygen atoms in total. The van der Waals surface area contributed by atoms with Gasteiger partial charge in [-0.3, -0.25) is 19.2 Å². The summed E-state index contributed by atoms with van der Waals surface area (Å²) in [5, 5.41) is 6.54. The lowest BCUT2D eigenvalue weighted by Crippen LogP contribution is -2.22. The molecule has 0 radical (unpaired) electrons. The summed E-state index contributed by atoms with van der Waals surface area (Å²) < 4.78 is 0. The molecule has 0 fully saturated rings. The van der Waals surface area contributed by atoms with Gasteiger partial charge in [-0.2, -0.15) is 0 Å². The lowest BCUT2D eigenvalue weighted by atomic mass is 9.84. The van der Waals surface area contributed by atoms with Crippen LogP contribution in [0.3, 0.4) is 0 Å². The highest BCUT2D eigenvalue weighted by Crippen LogP contribution is 2.30. The van der Waals surface area contributed by atoms with Gasteiger partial charge in [0.1, 0.15) is 0 Å². The molecule has 0 spiro atoms. The molecule has 0 bridgehead atoms. The minimum atomic E-state index is -0.156. The first-order valence-electron chi connectivity index (χ1n) is 11.7. The summed E-state index contributed by atoms with van der Waals surface area (Å²) in [7, 11) is 0. The van der Waals surface area contributed by atoms with Crippen molar-refractivity contribution in [2.45, 2.75) is 0 Å². The molecular weight excluding hydrogens is 452 g/mol. The highest BCUT2D eigenvalue weighted by Gasteiger charge is 2.30. The van der Waals surface area contributed by atoms with Crippen LogP contribution in [0.5, 0.6) is 0 Å². The Morgan fingerprint density at radius 2 is 0.694 bits per heavy atom. The van der Waals surface area contributed by atoms with E-state index >= 15 is 0 Å². The topological polar surface area (TPSA) is 92.3 Å². The molecule has 0 heterocycles. The van der Waals surface area contributed by atoms with Crippen LogP contribution < -0.4 is 10.6 Å². The number of nitrogens with one attached hydrogen (secondary N) is 2. The van der Waals surface area contributed by atoms with E-state index in [9.17, 15) is 19.2 Å². The van der Waals surface area contributed by atoms with Gasteiger partial charge in [0.15, 0.2) is 23.1 Å². The van der Waals surface area contributed by atoms with Crippen molar-refractivity contribution >= 4 is 34.5 Å². The van der Waals surface area contributed by atoms with E-state index in [1.165, 1.54) is 0 Å². The average molecular weight is 473 g/mol. The molecule has 0 saturated heterocycles. The first-order chi connectivity index (χ1) is 17.5. The Kier molecular flexibility index (Phi) is 5.08. The summed E-state index contributed by atoms with van der Waals surface area (Å²) in [6, 6.07) is 24.1. The van der Waals surface area contributed by atoms with Crippen LogP contribution in [-0.2, 0) is 0 Å². The first kappa shape index (κ1) is 21.7. The second-order valence-corrected chi connectivity index (χ2v) is 8.78. The van der Waals surface area contributed by atoms with E-state index in [1.54, 1.807) is 84.9 Å². The van der Waals surface area contributed by atoms with Crippen molar-refractivity contribution < 1.29 is 19.2 Å². The van der Waals surface area contributed by atoms with Crippen LogP contribution in [0.4, 0.5) is 11.4 Å². The van der Waals surface area contributed by atoms with Crippen molar-refractivity contribution in [2.24, 2.45) is 0 Å². The molecule has 2 aliphatic rings. The smallest absolute Gasteiger partial charge is 0.194 e. The van der Waals surface area contributed by atoms with Crippen molar-refractivity contribution in [2.75, 3.05) is 23.7 Å². The van der Waals surface area contributed by atoms with E-state index in [2.05, 4.69) is 10.6 Å². The number of rotatable bonds is 5. The molecule has 0 aliphatic heterocycles. The van der Waals surface area contributed by atoms with Crippen LogP contribution in [0.1, 0.15) is 63.7 Å². The Morgan fingerprint density at radius 3 is 1.06 bits per heavy atom. The van der Waals surface area contributed by atoms with Crippen molar-refractivity contribution in [1.29, 1.82) is 0 Å². The van der Waals surface area contributed by atoms with Gasteiger partial charge in [0.2, 0.25) is 0 Å². The van der Waals surface area contributed by atoms with Gasteiger partial charge >= 0.3 is 0 Å². The van der Waals surface area contributed by atoms with Crippen LogP contribution in [0, 0.1) is 0 Å². The van der Waals surface area contributed by atoms with Crippen molar-refractivity contribution in [3.8, 4) is 0 Å². The zero-order valence-corrected chi connectivity index (χ0v) is 19.1. The van der Waals surface area contributed by atoms with E-state index < -0.39 is 0 Å². The predicted molar refractivity (Wildman–Crippen MR) is 136 cm³/mol. The lowest BCUT2D eigenvalue weighted by Gasteiger charge is -2.19. The maximum atomic E-state index is 12.9.